The molecule has 0 aliphatic heterocycles. The van der Waals surface area contributed by atoms with Crippen molar-refractivity contribution in [2.45, 2.75) is 12.3 Å². The fourth-order valence-corrected chi connectivity index (χ4v) is 2.75. The summed E-state index contributed by atoms with van der Waals surface area (Å²) in [5.41, 5.74) is 1.62. The summed E-state index contributed by atoms with van der Waals surface area (Å²) in [5.74, 6) is 0.321. The summed E-state index contributed by atoms with van der Waals surface area (Å²) in [5, 5.41) is 5.50. The predicted molar refractivity (Wildman–Crippen MR) is 83.2 cm³/mol. The number of anilines is 1. The molecule has 2 aromatic rings. The molecule has 0 unspecified atom stereocenters. The molecule has 0 spiro atoms. The Labute approximate surface area is 128 Å². The van der Waals surface area contributed by atoms with Crippen LogP contribution >= 0.6 is 45.5 Å². The van der Waals surface area contributed by atoms with Crippen LogP contribution < -0.4 is 5.32 Å². The summed E-state index contributed by atoms with van der Waals surface area (Å²) in [6.45, 7) is 0. The second-order valence-corrected chi connectivity index (χ2v) is 6.05. The quantitative estimate of drug-likeness (QED) is 0.637. The van der Waals surface area contributed by atoms with E-state index in [0.717, 1.165) is 20.0 Å². The molecular formula is C12H10ClIN2OS. The number of nitrogens with one attached hydrogen (secondary N) is 1. The van der Waals surface area contributed by atoms with Gasteiger partial charge < -0.3 is 5.32 Å². The van der Waals surface area contributed by atoms with E-state index in [1.54, 1.807) is 0 Å². The minimum Gasteiger partial charge on any atom is -0.326 e. The molecule has 94 valence electrons. The van der Waals surface area contributed by atoms with Crippen molar-refractivity contribution in [3.05, 3.63) is 43.9 Å². The molecule has 6 heteroatoms. The average molecular weight is 393 g/mol. The highest BCUT2D eigenvalue weighted by atomic mass is 127. The number of amides is 1. The maximum Gasteiger partial charge on any atom is 0.231 e. The van der Waals surface area contributed by atoms with Gasteiger partial charge in [-0.3, -0.25) is 4.79 Å². The lowest BCUT2D eigenvalue weighted by Gasteiger charge is -2.03. The van der Waals surface area contributed by atoms with Gasteiger partial charge in [-0.15, -0.1) is 22.9 Å². The first-order valence-corrected chi connectivity index (χ1v) is 7.71. The van der Waals surface area contributed by atoms with Gasteiger partial charge in [-0.25, -0.2) is 4.98 Å². The third kappa shape index (κ3) is 3.93. The first-order chi connectivity index (χ1) is 8.67. The molecule has 1 N–H and O–H groups in total. The van der Waals surface area contributed by atoms with Gasteiger partial charge in [0.1, 0.15) is 5.01 Å². The number of hydrogen-bond acceptors (Lipinski definition) is 3. The molecule has 3 nitrogen and oxygen atoms in total. The Kier molecular flexibility index (Phi) is 4.96. The minimum absolute atomic E-state index is 0.0633. The van der Waals surface area contributed by atoms with E-state index in [1.807, 2.05) is 29.6 Å². The highest BCUT2D eigenvalue weighted by Gasteiger charge is 2.08. The Balaban J connectivity index is 1.94. The Morgan fingerprint density at radius 1 is 1.39 bits per heavy atom. The van der Waals surface area contributed by atoms with Crippen LogP contribution in [0.25, 0.3) is 0 Å². The van der Waals surface area contributed by atoms with Crippen LogP contribution in [0.2, 0.25) is 0 Å². The largest absolute Gasteiger partial charge is 0.326 e. The van der Waals surface area contributed by atoms with Crippen LogP contribution in [0.15, 0.2) is 29.6 Å². The molecule has 0 bridgehead atoms. The van der Waals surface area contributed by atoms with Gasteiger partial charge in [0.05, 0.1) is 18.0 Å². The van der Waals surface area contributed by atoms with E-state index in [-0.39, 0.29) is 12.3 Å². The van der Waals surface area contributed by atoms with Crippen LogP contribution in [0.1, 0.15) is 10.7 Å². The molecule has 1 heterocycles. The first-order valence-electron chi connectivity index (χ1n) is 5.22. The SMILES string of the molecule is O=C(Cc1nc(CCl)cs1)Nc1ccc(I)cc1. The number of halogens is 2. The lowest BCUT2D eigenvalue weighted by molar-refractivity contribution is -0.115. The molecule has 2 rings (SSSR count). The standard InChI is InChI=1S/C12H10ClIN2OS/c13-6-10-7-18-12(16-10)5-11(17)15-9-3-1-8(14)2-4-9/h1-4,7H,5-6H2,(H,15,17). The van der Waals surface area contributed by atoms with Crippen LogP contribution in [0.5, 0.6) is 0 Å². The van der Waals surface area contributed by atoms with E-state index in [0.29, 0.717) is 5.88 Å². The lowest BCUT2D eigenvalue weighted by atomic mass is 10.3. The molecule has 18 heavy (non-hydrogen) atoms. The highest BCUT2D eigenvalue weighted by Crippen LogP contribution is 2.14. The zero-order chi connectivity index (χ0) is 13.0. The Hall–Kier alpha value is -0.660. The number of hydrogen-bond donors (Lipinski definition) is 1. The number of rotatable bonds is 4. The smallest absolute Gasteiger partial charge is 0.231 e. The monoisotopic (exact) mass is 392 g/mol. The van der Waals surface area contributed by atoms with Crippen molar-refractivity contribution >= 4 is 57.1 Å². The molecule has 1 amide bonds. The summed E-state index contributed by atoms with van der Waals surface area (Å²) in [6.07, 6.45) is 0.285. The van der Waals surface area contributed by atoms with Crippen LogP contribution in [-0.2, 0) is 17.1 Å². The third-order valence-electron chi connectivity index (χ3n) is 2.18. The summed E-state index contributed by atoms with van der Waals surface area (Å²) in [7, 11) is 0. The summed E-state index contributed by atoms with van der Waals surface area (Å²) >= 11 is 9.34. The predicted octanol–water partition coefficient (Wildman–Crippen LogP) is 3.67. The van der Waals surface area contributed by atoms with Crippen LogP contribution in [0.3, 0.4) is 0 Å². The van der Waals surface area contributed by atoms with Gasteiger partial charge in [0.15, 0.2) is 0 Å². The maximum absolute atomic E-state index is 11.8. The average Bonchev–Trinajstić information content (AvgIpc) is 2.79. The van der Waals surface area contributed by atoms with E-state index < -0.39 is 0 Å². The normalized spacial score (nSPS) is 10.3. The molecule has 0 atom stereocenters. The van der Waals surface area contributed by atoms with Gasteiger partial charge >= 0.3 is 0 Å². The van der Waals surface area contributed by atoms with E-state index in [4.69, 9.17) is 11.6 Å². The molecule has 0 fully saturated rings. The number of thiazole rings is 1. The molecule has 0 saturated carbocycles. The number of benzene rings is 1. The molecule has 1 aromatic carbocycles. The fourth-order valence-electron chi connectivity index (χ4n) is 1.37. The van der Waals surface area contributed by atoms with Crippen molar-refractivity contribution in [2.24, 2.45) is 0 Å². The van der Waals surface area contributed by atoms with Crippen molar-refractivity contribution in [3.8, 4) is 0 Å². The van der Waals surface area contributed by atoms with E-state index in [9.17, 15) is 4.79 Å². The topological polar surface area (TPSA) is 42.0 Å². The van der Waals surface area contributed by atoms with Gasteiger partial charge in [-0.2, -0.15) is 0 Å². The number of alkyl halides is 1. The molecular weight excluding hydrogens is 383 g/mol. The van der Waals surface area contributed by atoms with E-state index >= 15 is 0 Å². The second kappa shape index (κ2) is 6.49. The van der Waals surface area contributed by atoms with Gasteiger partial charge in [-0.05, 0) is 46.9 Å². The van der Waals surface area contributed by atoms with Crippen LogP contribution in [0.4, 0.5) is 5.69 Å². The van der Waals surface area contributed by atoms with Gasteiger partial charge in [0, 0.05) is 14.6 Å². The van der Waals surface area contributed by atoms with Crippen molar-refractivity contribution in [3.63, 3.8) is 0 Å². The molecule has 0 saturated heterocycles. The third-order valence-corrected chi connectivity index (χ3v) is 4.07. The van der Waals surface area contributed by atoms with Crippen molar-refractivity contribution < 1.29 is 4.79 Å². The number of nitrogens with zero attached hydrogens (tertiary/aromatic N) is 1. The number of carbonyl (C=O) groups excluding carboxylic acids is 1. The van der Waals surface area contributed by atoms with Gasteiger partial charge in [0.2, 0.25) is 5.91 Å². The summed E-state index contributed by atoms with van der Waals surface area (Å²) in [6, 6.07) is 7.66. The molecule has 1 aromatic heterocycles. The molecule has 0 radical (unpaired) electrons. The van der Waals surface area contributed by atoms with E-state index in [2.05, 4.69) is 32.9 Å². The first kappa shape index (κ1) is 13.8. The zero-order valence-corrected chi connectivity index (χ0v) is 13.1. The Morgan fingerprint density at radius 3 is 2.72 bits per heavy atom. The van der Waals surface area contributed by atoms with E-state index in [1.165, 1.54) is 11.3 Å². The van der Waals surface area contributed by atoms with Crippen molar-refractivity contribution in [1.29, 1.82) is 0 Å². The van der Waals surface area contributed by atoms with Crippen molar-refractivity contribution in [2.75, 3.05) is 5.32 Å². The maximum atomic E-state index is 11.8. The molecule has 0 aliphatic carbocycles. The minimum atomic E-state index is -0.0633. The van der Waals surface area contributed by atoms with Crippen LogP contribution in [-0.4, -0.2) is 10.9 Å². The Bertz CT molecular complexity index is 541. The lowest BCUT2D eigenvalue weighted by Crippen LogP contribution is -2.14. The van der Waals surface area contributed by atoms with Gasteiger partial charge in [-0.1, -0.05) is 0 Å². The summed E-state index contributed by atoms with van der Waals surface area (Å²) < 4.78 is 1.14. The highest BCUT2D eigenvalue weighted by molar-refractivity contribution is 14.1. The fraction of sp³-hybridized carbons (Fsp3) is 0.167. The Morgan fingerprint density at radius 2 is 2.11 bits per heavy atom. The second-order valence-electron chi connectivity index (χ2n) is 3.60. The van der Waals surface area contributed by atoms with Crippen LogP contribution in [0, 0.1) is 3.57 Å². The molecule has 0 aliphatic rings. The summed E-state index contributed by atoms with van der Waals surface area (Å²) in [4.78, 5) is 16.0. The van der Waals surface area contributed by atoms with Crippen molar-refractivity contribution in [1.82, 2.24) is 4.98 Å². The zero-order valence-electron chi connectivity index (χ0n) is 9.32. The number of aromatic nitrogens is 1. The number of carbonyl (C=O) groups is 1. The van der Waals surface area contributed by atoms with Gasteiger partial charge in [0.25, 0.3) is 0 Å².